The van der Waals surface area contributed by atoms with Crippen molar-refractivity contribution in [2.24, 2.45) is 0 Å². The van der Waals surface area contributed by atoms with Gasteiger partial charge in [0.2, 0.25) is 5.91 Å². The predicted molar refractivity (Wildman–Crippen MR) is 150 cm³/mol. The molecular formula is C32H35N3O3. The largest absolute Gasteiger partial charge is 0.495 e. The van der Waals surface area contributed by atoms with E-state index in [2.05, 4.69) is 39.4 Å². The number of methoxy groups -OCH3 is 1. The summed E-state index contributed by atoms with van der Waals surface area (Å²) >= 11 is 0. The molecule has 38 heavy (non-hydrogen) atoms. The Balaban J connectivity index is 1.12. The van der Waals surface area contributed by atoms with Crippen LogP contribution in [-0.2, 0) is 11.2 Å². The summed E-state index contributed by atoms with van der Waals surface area (Å²) in [5, 5.41) is 3.12. The Hall–Kier alpha value is -3.48. The molecule has 0 spiro atoms. The lowest BCUT2D eigenvalue weighted by atomic mass is 9.99. The minimum absolute atomic E-state index is 0.00736. The summed E-state index contributed by atoms with van der Waals surface area (Å²) < 4.78 is 5.53. The molecule has 0 atom stereocenters. The van der Waals surface area contributed by atoms with Gasteiger partial charge in [-0.3, -0.25) is 19.4 Å². The van der Waals surface area contributed by atoms with Crippen LogP contribution in [0.4, 0.5) is 5.69 Å². The van der Waals surface area contributed by atoms with Gasteiger partial charge in [0.25, 0.3) is 0 Å². The van der Waals surface area contributed by atoms with Crippen LogP contribution in [0.25, 0.3) is 11.1 Å². The van der Waals surface area contributed by atoms with Crippen LogP contribution < -0.4 is 10.1 Å². The molecule has 1 amide bonds. The fourth-order valence-electron chi connectivity index (χ4n) is 5.71. The summed E-state index contributed by atoms with van der Waals surface area (Å²) in [5.74, 6) is 0.584. The first-order chi connectivity index (χ1) is 18.6. The number of carbonyl (C=O) groups is 2. The van der Waals surface area contributed by atoms with E-state index in [0.717, 1.165) is 61.8 Å². The number of anilines is 1. The summed E-state index contributed by atoms with van der Waals surface area (Å²) in [5.41, 5.74) is 3.93. The van der Waals surface area contributed by atoms with Crippen molar-refractivity contribution in [2.75, 3.05) is 38.6 Å². The molecule has 6 rings (SSSR count). The number of hydrogen-bond acceptors (Lipinski definition) is 5. The van der Waals surface area contributed by atoms with E-state index in [1.165, 1.54) is 12.8 Å². The lowest BCUT2D eigenvalue weighted by Crippen LogP contribution is -2.55. The van der Waals surface area contributed by atoms with Crippen molar-refractivity contribution in [3.8, 4) is 16.9 Å². The van der Waals surface area contributed by atoms with E-state index >= 15 is 0 Å². The van der Waals surface area contributed by atoms with Crippen LogP contribution in [-0.4, -0.2) is 66.4 Å². The molecule has 2 saturated carbocycles. The Bertz CT molecular complexity index is 1310. The standard InChI is InChI=1S/C32H35N3O3/c1-38-30-14-11-26(29(36)21-23-7-9-25(10-8-23)24-5-3-2-4-6-24)22-28(30)33-31(37)32(15-16-32)35-19-17-34(18-20-35)27-12-13-27/h2-11,14,22,27H,12-13,15-21H2,1H3,(H,33,37). The van der Waals surface area contributed by atoms with E-state index in [-0.39, 0.29) is 11.7 Å². The SMILES string of the molecule is COc1ccc(C(=O)Cc2ccc(-c3ccccc3)cc2)cc1NC(=O)C1(N2CCN(C3CC3)CC2)CC1. The van der Waals surface area contributed by atoms with Crippen LogP contribution in [0.1, 0.15) is 41.6 Å². The van der Waals surface area contributed by atoms with Gasteiger partial charge < -0.3 is 10.1 Å². The zero-order chi connectivity index (χ0) is 26.1. The second-order valence-corrected chi connectivity index (χ2v) is 10.8. The molecule has 3 aromatic carbocycles. The molecule has 3 aliphatic rings. The van der Waals surface area contributed by atoms with Gasteiger partial charge in [0, 0.05) is 44.2 Å². The first-order valence-corrected chi connectivity index (χ1v) is 13.7. The van der Waals surface area contributed by atoms with Crippen LogP contribution in [0.2, 0.25) is 0 Å². The number of nitrogens with zero attached hydrogens (tertiary/aromatic N) is 2. The molecule has 6 heteroatoms. The Morgan fingerprint density at radius 2 is 1.58 bits per heavy atom. The van der Waals surface area contributed by atoms with Crippen molar-refractivity contribution in [3.05, 3.63) is 83.9 Å². The maximum atomic E-state index is 13.5. The average Bonchev–Trinajstić information content (AvgIpc) is 3.88. The fourth-order valence-corrected chi connectivity index (χ4v) is 5.71. The number of rotatable bonds is 9. The number of nitrogens with one attached hydrogen (secondary N) is 1. The van der Waals surface area contributed by atoms with Gasteiger partial charge in [0.15, 0.2) is 5.78 Å². The first kappa shape index (κ1) is 24.8. The van der Waals surface area contributed by atoms with E-state index in [4.69, 9.17) is 4.74 Å². The predicted octanol–water partition coefficient (Wildman–Crippen LogP) is 5.04. The number of hydrogen-bond donors (Lipinski definition) is 1. The van der Waals surface area contributed by atoms with Gasteiger partial charge in [-0.1, -0.05) is 54.6 Å². The molecular weight excluding hydrogens is 474 g/mol. The smallest absolute Gasteiger partial charge is 0.245 e. The molecule has 1 N–H and O–H groups in total. The number of piperazine rings is 1. The molecule has 0 unspecified atom stereocenters. The molecule has 1 heterocycles. The van der Waals surface area contributed by atoms with Crippen molar-refractivity contribution in [1.82, 2.24) is 9.80 Å². The van der Waals surface area contributed by atoms with Crippen molar-refractivity contribution in [2.45, 2.75) is 43.7 Å². The lowest BCUT2D eigenvalue weighted by molar-refractivity contribution is -0.123. The van der Waals surface area contributed by atoms with Gasteiger partial charge >= 0.3 is 0 Å². The third-order valence-electron chi connectivity index (χ3n) is 8.32. The molecule has 1 saturated heterocycles. The number of amides is 1. The maximum Gasteiger partial charge on any atom is 0.245 e. The normalized spacial score (nSPS) is 19.1. The fraction of sp³-hybridized carbons (Fsp3) is 0.375. The Morgan fingerprint density at radius 3 is 2.21 bits per heavy atom. The number of carbonyl (C=O) groups excluding carboxylic acids is 2. The third-order valence-corrected chi connectivity index (χ3v) is 8.32. The summed E-state index contributed by atoms with van der Waals surface area (Å²) in [6, 6.07) is 24.4. The van der Waals surface area contributed by atoms with Crippen molar-refractivity contribution in [1.29, 1.82) is 0 Å². The van der Waals surface area contributed by atoms with Crippen LogP contribution in [0.5, 0.6) is 5.75 Å². The Kier molecular flexibility index (Phi) is 6.76. The second-order valence-electron chi connectivity index (χ2n) is 10.8. The minimum atomic E-state index is -0.429. The Labute approximate surface area is 224 Å². The molecule has 0 bridgehead atoms. The van der Waals surface area contributed by atoms with Gasteiger partial charge in [0.05, 0.1) is 12.8 Å². The van der Waals surface area contributed by atoms with Crippen molar-refractivity contribution >= 4 is 17.4 Å². The lowest BCUT2D eigenvalue weighted by Gasteiger charge is -2.39. The highest BCUT2D eigenvalue weighted by molar-refractivity contribution is 6.03. The van der Waals surface area contributed by atoms with Crippen LogP contribution in [0.15, 0.2) is 72.8 Å². The monoisotopic (exact) mass is 509 g/mol. The minimum Gasteiger partial charge on any atom is -0.495 e. The summed E-state index contributed by atoms with van der Waals surface area (Å²) in [7, 11) is 1.59. The summed E-state index contributed by atoms with van der Waals surface area (Å²) in [6.45, 7) is 3.95. The molecule has 3 aromatic rings. The number of ether oxygens (including phenoxy) is 1. The molecule has 196 valence electrons. The highest BCUT2D eigenvalue weighted by atomic mass is 16.5. The maximum absolute atomic E-state index is 13.5. The van der Waals surface area contributed by atoms with E-state index in [0.29, 0.717) is 23.4 Å². The van der Waals surface area contributed by atoms with E-state index in [1.807, 2.05) is 30.3 Å². The molecule has 0 radical (unpaired) electrons. The number of benzene rings is 3. The van der Waals surface area contributed by atoms with Crippen molar-refractivity contribution < 1.29 is 14.3 Å². The van der Waals surface area contributed by atoms with E-state index < -0.39 is 5.54 Å². The van der Waals surface area contributed by atoms with Crippen LogP contribution >= 0.6 is 0 Å². The first-order valence-electron chi connectivity index (χ1n) is 13.7. The van der Waals surface area contributed by atoms with E-state index in [1.54, 1.807) is 25.3 Å². The average molecular weight is 510 g/mol. The molecule has 2 aliphatic carbocycles. The van der Waals surface area contributed by atoms with Gasteiger partial charge in [0.1, 0.15) is 11.3 Å². The molecule has 3 fully saturated rings. The zero-order valence-electron chi connectivity index (χ0n) is 22.0. The third kappa shape index (κ3) is 5.11. The van der Waals surface area contributed by atoms with Gasteiger partial charge in [-0.25, -0.2) is 0 Å². The summed E-state index contributed by atoms with van der Waals surface area (Å²) in [4.78, 5) is 31.6. The topological polar surface area (TPSA) is 61.9 Å². The van der Waals surface area contributed by atoms with Crippen LogP contribution in [0.3, 0.4) is 0 Å². The van der Waals surface area contributed by atoms with E-state index in [9.17, 15) is 9.59 Å². The molecule has 1 aliphatic heterocycles. The summed E-state index contributed by atoms with van der Waals surface area (Å²) in [6.07, 6.45) is 4.69. The van der Waals surface area contributed by atoms with Gasteiger partial charge in [-0.15, -0.1) is 0 Å². The zero-order valence-corrected chi connectivity index (χ0v) is 22.0. The Morgan fingerprint density at radius 1 is 0.895 bits per heavy atom. The number of Topliss-reactive ketones (excluding diaryl/α,β-unsaturated/α-hetero) is 1. The van der Waals surface area contributed by atoms with Crippen molar-refractivity contribution in [3.63, 3.8) is 0 Å². The second kappa shape index (κ2) is 10.4. The highest BCUT2D eigenvalue weighted by Gasteiger charge is 2.55. The van der Waals surface area contributed by atoms with Gasteiger partial charge in [-0.2, -0.15) is 0 Å². The molecule has 0 aromatic heterocycles. The quantitative estimate of drug-likeness (QED) is 0.410. The number of ketones is 1. The van der Waals surface area contributed by atoms with Crippen LogP contribution in [0, 0.1) is 0 Å². The molecule has 6 nitrogen and oxygen atoms in total. The van der Waals surface area contributed by atoms with Gasteiger partial charge in [-0.05, 0) is 60.6 Å². The highest BCUT2D eigenvalue weighted by Crippen LogP contribution is 2.44.